The first-order chi connectivity index (χ1) is 14.5. The molecule has 2 aromatic heterocycles. The fraction of sp³-hybridized carbons (Fsp3) is 0.0952. The molecule has 0 spiro atoms. The Hall–Kier alpha value is -4.27. The second kappa shape index (κ2) is 8.00. The van der Waals surface area contributed by atoms with Crippen LogP contribution in [0.5, 0.6) is 0 Å². The first-order valence-corrected chi connectivity index (χ1v) is 9.22. The van der Waals surface area contributed by atoms with E-state index in [0.29, 0.717) is 29.0 Å². The van der Waals surface area contributed by atoms with Gasteiger partial charge < -0.3 is 21.7 Å². The van der Waals surface area contributed by atoms with Gasteiger partial charge in [-0.1, -0.05) is 18.2 Å². The Morgan fingerprint density at radius 3 is 2.47 bits per heavy atom. The largest absolute Gasteiger partial charge is 0.382 e. The molecule has 2 aromatic carbocycles. The van der Waals surface area contributed by atoms with Gasteiger partial charge in [-0.15, -0.1) is 0 Å². The number of rotatable bonds is 5. The third kappa shape index (κ3) is 4.09. The second-order valence-corrected chi connectivity index (χ2v) is 6.72. The number of nitrogens with one attached hydrogen (secondary N) is 1. The maximum Gasteiger partial charge on any atom is 0.255 e. The standard InChI is InChI=1S/C21H20N8O/c1-29(12-15-11-24-19-17(25-15)18(22)27-21(23)28-19)16-9-7-13(8-10-16)20(30)26-14-5-3-2-4-6-14/h2-11H,12H2,1H3,(H,26,30)(H4,22,23,24,27,28). The molecule has 0 saturated heterocycles. The van der Waals surface area contributed by atoms with Crippen LogP contribution < -0.4 is 21.7 Å². The van der Waals surface area contributed by atoms with Crippen molar-refractivity contribution in [3.05, 3.63) is 72.1 Å². The van der Waals surface area contributed by atoms with E-state index in [1.165, 1.54) is 0 Å². The van der Waals surface area contributed by atoms with Crippen LogP contribution in [0.25, 0.3) is 11.2 Å². The summed E-state index contributed by atoms with van der Waals surface area (Å²) in [6, 6.07) is 16.7. The molecule has 4 aromatic rings. The molecule has 9 heteroatoms. The first-order valence-electron chi connectivity index (χ1n) is 9.22. The fourth-order valence-electron chi connectivity index (χ4n) is 2.99. The molecule has 0 saturated carbocycles. The molecule has 9 nitrogen and oxygen atoms in total. The number of amides is 1. The number of anilines is 4. The summed E-state index contributed by atoms with van der Waals surface area (Å²) in [5, 5.41) is 2.87. The van der Waals surface area contributed by atoms with Gasteiger partial charge in [0.2, 0.25) is 5.95 Å². The minimum Gasteiger partial charge on any atom is -0.382 e. The predicted molar refractivity (Wildman–Crippen MR) is 117 cm³/mol. The quantitative estimate of drug-likeness (QED) is 0.465. The van der Waals surface area contributed by atoms with Gasteiger partial charge >= 0.3 is 0 Å². The third-order valence-electron chi connectivity index (χ3n) is 4.50. The zero-order valence-corrected chi connectivity index (χ0v) is 16.3. The maximum absolute atomic E-state index is 12.4. The molecule has 0 bridgehead atoms. The summed E-state index contributed by atoms with van der Waals surface area (Å²) >= 11 is 0. The summed E-state index contributed by atoms with van der Waals surface area (Å²) in [5.41, 5.74) is 15.2. The van der Waals surface area contributed by atoms with Gasteiger partial charge in [0.15, 0.2) is 17.0 Å². The lowest BCUT2D eigenvalue weighted by Crippen LogP contribution is -2.18. The van der Waals surface area contributed by atoms with E-state index in [9.17, 15) is 4.79 Å². The van der Waals surface area contributed by atoms with Crippen molar-refractivity contribution in [2.24, 2.45) is 0 Å². The van der Waals surface area contributed by atoms with Crippen LogP contribution in [0.2, 0.25) is 0 Å². The van der Waals surface area contributed by atoms with Crippen LogP contribution >= 0.6 is 0 Å². The monoisotopic (exact) mass is 400 g/mol. The molecule has 150 valence electrons. The van der Waals surface area contributed by atoms with Crippen molar-refractivity contribution in [1.82, 2.24) is 19.9 Å². The van der Waals surface area contributed by atoms with E-state index < -0.39 is 0 Å². The average molecular weight is 400 g/mol. The Balaban J connectivity index is 1.46. The van der Waals surface area contributed by atoms with E-state index in [1.54, 1.807) is 18.3 Å². The highest BCUT2D eigenvalue weighted by Gasteiger charge is 2.11. The number of fused-ring (bicyclic) bond motifs is 1. The van der Waals surface area contributed by atoms with E-state index in [2.05, 4.69) is 25.3 Å². The van der Waals surface area contributed by atoms with E-state index in [0.717, 1.165) is 11.4 Å². The summed E-state index contributed by atoms with van der Waals surface area (Å²) in [5.74, 6) is 0.101. The Labute approximate surface area is 172 Å². The van der Waals surface area contributed by atoms with Crippen molar-refractivity contribution in [1.29, 1.82) is 0 Å². The maximum atomic E-state index is 12.4. The molecule has 0 unspecified atom stereocenters. The van der Waals surface area contributed by atoms with Gasteiger partial charge in [0, 0.05) is 24.0 Å². The number of hydrogen-bond acceptors (Lipinski definition) is 8. The van der Waals surface area contributed by atoms with Gasteiger partial charge in [0.05, 0.1) is 18.4 Å². The predicted octanol–water partition coefficient (Wildman–Crippen LogP) is 2.47. The molecule has 1 amide bonds. The van der Waals surface area contributed by atoms with E-state index in [1.807, 2.05) is 54.4 Å². The van der Waals surface area contributed by atoms with Crippen LogP contribution in [0.1, 0.15) is 16.1 Å². The molecule has 4 rings (SSSR count). The number of hydrogen-bond donors (Lipinski definition) is 3. The number of nitrogens with two attached hydrogens (primary N) is 2. The van der Waals surface area contributed by atoms with Crippen LogP contribution in [0.15, 0.2) is 60.8 Å². The molecule has 0 aliphatic carbocycles. The molecule has 2 heterocycles. The van der Waals surface area contributed by atoms with E-state index >= 15 is 0 Å². The van der Waals surface area contributed by atoms with Gasteiger partial charge in [0.25, 0.3) is 5.91 Å². The minimum atomic E-state index is -0.162. The summed E-state index contributed by atoms with van der Waals surface area (Å²) in [4.78, 5) is 31.1. The molecule has 0 aliphatic heterocycles. The molecule has 0 atom stereocenters. The summed E-state index contributed by atoms with van der Waals surface area (Å²) in [7, 11) is 1.92. The molecular weight excluding hydrogens is 380 g/mol. The normalized spacial score (nSPS) is 10.7. The van der Waals surface area contributed by atoms with Crippen molar-refractivity contribution < 1.29 is 4.79 Å². The molecule has 0 aliphatic rings. The SMILES string of the molecule is CN(Cc1cnc2nc(N)nc(N)c2n1)c1ccc(C(=O)Nc2ccccc2)cc1. The van der Waals surface area contributed by atoms with Crippen LogP contribution in [0.4, 0.5) is 23.1 Å². The lowest BCUT2D eigenvalue weighted by Gasteiger charge is -2.19. The Morgan fingerprint density at radius 2 is 1.73 bits per heavy atom. The van der Waals surface area contributed by atoms with E-state index in [-0.39, 0.29) is 17.7 Å². The Kier molecular flexibility index (Phi) is 5.08. The highest BCUT2D eigenvalue weighted by atomic mass is 16.1. The lowest BCUT2D eigenvalue weighted by atomic mass is 10.1. The van der Waals surface area contributed by atoms with Crippen molar-refractivity contribution in [2.75, 3.05) is 28.7 Å². The van der Waals surface area contributed by atoms with E-state index in [4.69, 9.17) is 11.5 Å². The average Bonchev–Trinajstić information content (AvgIpc) is 2.75. The van der Waals surface area contributed by atoms with Crippen molar-refractivity contribution in [3.8, 4) is 0 Å². The number of aromatic nitrogens is 4. The first kappa shape index (κ1) is 19.1. The molecule has 0 fully saturated rings. The van der Waals surface area contributed by atoms with Crippen LogP contribution in [0, 0.1) is 0 Å². The molecule has 5 N–H and O–H groups in total. The summed E-state index contributed by atoms with van der Waals surface area (Å²) < 4.78 is 0. The Morgan fingerprint density at radius 1 is 1.00 bits per heavy atom. The minimum absolute atomic E-state index is 0.0653. The number of carbonyl (C=O) groups is 1. The zero-order valence-electron chi connectivity index (χ0n) is 16.3. The fourth-order valence-corrected chi connectivity index (χ4v) is 2.99. The van der Waals surface area contributed by atoms with Gasteiger partial charge in [0.1, 0.15) is 0 Å². The van der Waals surface area contributed by atoms with Gasteiger partial charge in [-0.25, -0.2) is 9.97 Å². The second-order valence-electron chi connectivity index (χ2n) is 6.72. The topological polar surface area (TPSA) is 136 Å². The van der Waals surface area contributed by atoms with Gasteiger partial charge in [-0.2, -0.15) is 9.97 Å². The summed E-state index contributed by atoms with van der Waals surface area (Å²) in [6.45, 7) is 0.488. The number of carbonyl (C=O) groups excluding carboxylic acids is 1. The Bertz CT molecular complexity index is 1200. The number of nitrogen functional groups attached to an aromatic ring is 2. The third-order valence-corrected chi connectivity index (χ3v) is 4.50. The smallest absolute Gasteiger partial charge is 0.255 e. The van der Waals surface area contributed by atoms with Crippen LogP contribution in [-0.4, -0.2) is 32.9 Å². The van der Waals surface area contributed by atoms with Crippen molar-refractivity contribution in [3.63, 3.8) is 0 Å². The van der Waals surface area contributed by atoms with Crippen molar-refractivity contribution in [2.45, 2.75) is 6.54 Å². The van der Waals surface area contributed by atoms with Gasteiger partial charge in [-0.05, 0) is 36.4 Å². The number of nitrogens with zero attached hydrogens (tertiary/aromatic N) is 5. The van der Waals surface area contributed by atoms with Crippen molar-refractivity contribution >= 4 is 40.2 Å². The number of para-hydroxylation sites is 1. The van der Waals surface area contributed by atoms with Crippen LogP contribution in [0.3, 0.4) is 0 Å². The highest BCUT2D eigenvalue weighted by molar-refractivity contribution is 6.04. The zero-order chi connectivity index (χ0) is 21.1. The van der Waals surface area contributed by atoms with Gasteiger partial charge in [-0.3, -0.25) is 4.79 Å². The molecular formula is C21H20N8O. The number of benzene rings is 2. The van der Waals surface area contributed by atoms with Crippen LogP contribution in [-0.2, 0) is 6.54 Å². The molecule has 0 radical (unpaired) electrons. The highest BCUT2D eigenvalue weighted by Crippen LogP contribution is 2.19. The molecule has 30 heavy (non-hydrogen) atoms. The summed E-state index contributed by atoms with van der Waals surface area (Å²) in [6.07, 6.45) is 1.63. The lowest BCUT2D eigenvalue weighted by molar-refractivity contribution is 0.102.